The Labute approximate surface area is 173 Å². The normalized spacial score (nSPS) is 20.9. The summed E-state index contributed by atoms with van der Waals surface area (Å²) in [7, 11) is 0. The van der Waals surface area contributed by atoms with Crippen molar-refractivity contribution in [3.63, 3.8) is 0 Å². The summed E-state index contributed by atoms with van der Waals surface area (Å²) in [6.07, 6.45) is 1.85. The molecule has 3 unspecified atom stereocenters. The molecular formula is C22H23N3O5. The van der Waals surface area contributed by atoms with E-state index in [0.29, 0.717) is 25.1 Å². The highest BCUT2D eigenvalue weighted by Gasteiger charge is 2.45. The first-order valence-corrected chi connectivity index (χ1v) is 9.94. The first-order chi connectivity index (χ1) is 14.6. The van der Waals surface area contributed by atoms with Crippen molar-refractivity contribution in [1.29, 1.82) is 0 Å². The molecule has 30 heavy (non-hydrogen) atoms. The first kappa shape index (κ1) is 20.0. The number of carbonyl (C=O) groups excluding carboxylic acids is 3. The summed E-state index contributed by atoms with van der Waals surface area (Å²) in [5.41, 5.74) is 8.66. The summed E-state index contributed by atoms with van der Waals surface area (Å²) in [6, 6.07) is 9.83. The zero-order valence-corrected chi connectivity index (χ0v) is 16.6. The van der Waals surface area contributed by atoms with E-state index in [2.05, 4.69) is 0 Å². The van der Waals surface area contributed by atoms with Crippen molar-refractivity contribution >= 4 is 34.9 Å². The summed E-state index contributed by atoms with van der Waals surface area (Å²) < 4.78 is 10.5. The molecule has 1 aromatic heterocycles. The molecule has 2 aromatic rings. The van der Waals surface area contributed by atoms with Gasteiger partial charge in [0.05, 0.1) is 35.9 Å². The number of hydrogen-bond acceptors (Lipinski definition) is 7. The maximum absolute atomic E-state index is 13.4. The largest absolute Gasteiger partial charge is 0.467 e. The Morgan fingerprint density at radius 1 is 1.40 bits per heavy atom. The molecule has 0 aliphatic carbocycles. The Morgan fingerprint density at radius 2 is 2.20 bits per heavy atom. The SMILES string of the molecule is CCC(OC(=O)CN)C1C=C2c3nc4ccccc4cc3CN2C(=O)C1COC=O. The molecule has 0 bridgehead atoms. The van der Waals surface area contributed by atoms with Gasteiger partial charge in [-0.1, -0.05) is 31.2 Å². The number of para-hydroxylation sites is 1. The summed E-state index contributed by atoms with van der Waals surface area (Å²) in [5.74, 6) is -1.83. The van der Waals surface area contributed by atoms with Crippen LogP contribution in [0.2, 0.25) is 0 Å². The molecule has 1 aromatic carbocycles. The van der Waals surface area contributed by atoms with Gasteiger partial charge in [0.15, 0.2) is 0 Å². The third-order valence-electron chi connectivity index (χ3n) is 5.69. The molecule has 8 nitrogen and oxygen atoms in total. The van der Waals surface area contributed by atoms with E-state index in [1.807, 2.05) is 43.3 Å². The van der Waals surface area contributed by atoms with Crippen LogP contribution >= 0.6 is 0 Å². The monoisotopic (exact) mass is 409 g/mol. The van der Waals surface area contributed by atoms with Gasteiger partial charge in [-0.25, -0.2) is 4.98 Å². The van der Waals surface area contributed by atoms with Crippen LogP contribution in [0.5, 0.6) is 0 Å². The Balaban J connectivity index is 1.78. The number of esters is 1. The fraction of sp³-hybridized carbons (Fsp3) is 0.364. The van der Waals surface area contributed by atoms with Crippen LogP contribution in [-0.2, 0) is 30.4 Å². The zero-order chi connectivity index (χ0) is 21.3. The van der Waals surface area contributed by atoms with Gasteiger partial charge in [0.2, 0.25) is 5.91 Å². The number of nitrogens with two attached hydrogens (primary N) is 1. The number of ether oxygens (including phenoxy) is 2. The molecular weight excluding hydrogens is 386 g/mol. The van der Waals surface area contributed by atoms with E-state index in [4.69, 9.17) is 20.2 Å². The van der Waals surface area contributed by atoms with Crippen LogP contribution in [-0.4, -0.2) is 47.5 Å². The Hall–Kier alpha value is -3.26. The summed E-state index contributed by atoms with van der Waals surface area (Å²) >= 11 is 0. The highest BCUT2D eigenvalue weighted by molar-refractivity contribution is 5.95. The van der Waals surface area contributed by atoms with E-state index >= 15 is 0 Å². The van der Waals surface area contributed by atoms with Gasteiger partial charge in [0.1, 0.15) is 12.7 Å². The lowest BCUT2D eigenvalue weighted by molar-refractivity contribution is -0.155. The van der Waals surface area contributed by atoms with Crippen LogP contribution in [0.3, 0.4) is 0 Å². The van der Waals surface area contributed by atoms with Crippen molar-refractivity contribution in [3.05, 3.63) is 47.7 Å². The number of amides is 1. The van der Waals surface area contributed by atoms with E-state index in [9.17, 15) is 14.4 Å². The van der Waals surface area contributed by atoms with Crippen molar-refractivity contribution in [1.82, 2.24) is 9.88 Å². The highest BCUT2D eigenvalue weighted by atomic mass is 16.5. The van der Waals surface area contributed by atoms with Gasteiger partial charge in [0, 0.05) is 16.9 Å². The number of pyridine rings is 1. The molecule has 2 N–H and O–H groups in total. The third kappa shape index (κ3) is 3.43. The van der Waals surface area contributed by atoms with Gasteiger partial charge in [-0.3, -0.25) is 14.4 Å². The van der Waals surface area contributed by atoms with Crippen LogP contribution in [0, 0.1) is 11.8 Å². The summed E-state index contributed by atoms with van der Waals surface area (Å²) in [6.45, 7) is 2.27. The van der Waals surface area contributed by atoms with Gasteiger partial charge in [-0.2, -0.15) is 0 Å². The third-order valence-corrected chi connectivity index (χ3v) is 5.69. The molecule has 0 radical (unpaired) electrons. The average Bonchev–Trinajstić information content (AvgIpc) is 3.12. The lowest BCUT2D eigenvalue weighted by Crippen LogP contribution is -2.46. The Morgan fingerprint density at radius 3 is 2.93 bits per heavy atom. The molecule has 2 aliphatic rings. The predicted molar refractivity (Wildman–Crippen MR) is 108 cm³/mol. The quantitative estimate of drug-likeness (QED) is 0.546. The van der Waals surface area contributed by atoms with E-state index in [1.54, 1.807) is 4.90 Å². The number of hydrogen-bond donors (Lipinski definition) is 1. The highest BCUT2D eigenvalue weighted by Crippen LogP contribution is 2.42. The number of carbonyl (C=O) groups is 3. The van der Waals surface area contributed by atoms with Gasteiger partial charge in [-0.05, 0) is 18.6 Å². The van der Waals surface area contributed by atoms with Crippen LogP contribution in [0.15, 0.2) is 36.4 Å². The minimum absolute atomic E-state index is 0.0876. The van der Waals surface area contributed by atoms with Gasteiger partial charge >= 0.3 is 5.97 Å². The molecule has 0 fully saturated rings. The van der Waals surface area contributed by atoms with E-state index in [0.717, 1.165) is 22.2 Å². The maximum atomic E-state index is 13.4. The zero-order valence-electron chi connectivity index (χ0n) is 16.6. The van der Waals surface area contributed by atoms with Crippen molar-refractivity contribution < 1.29 is 23.9 Å². The van der Waals surface area contributed by atoms with Crippen LogP contribution in [0.25, 0.3) is 16.6 Å². The second kappa shape index (κ2) is 8.23. The second-order valence-electron chi connectivity index (χ2n) is 7.42. The van der Waals surface area contributed by atoms with Crippen molar-refractivity contribution in [3.8, 4) is 0 Å². The van der Waals surface area contributed by atoms with E-state index < -0.39 is 23.9 Å². The van der Waals surface area contributed by atoms with Gasteiger partial charge < -0.3 is 20.1 Å². The molecule has 8 heteroatoms. The molecule has 3 heterocycles. The van der Waals surface area contributed by atoms with Crippen molar-refractivity contribution in [2.75, 3.05) is 13.2 Å². The molecule has 0 saturated carbocycles. The smallest absolute Gasteiger partial charge is 0.319 e. The number of fused-ring (bicyclic) bond motifs is 4. The Kier molecular flexibility index (Phi) is 5.50. The minimum atomic E-state index is -0.654. The maximum Gasteiger partial charge on any atom is 0.319 e. The van der Waals surface area contributed by atoms with E-state index in [1.165, 1.54) is 0 Å². The van der Waals surface area contributed by atoms with E-state index in [-0.39, 0.29) is 19.1 Å². The molecule has 1 amide bonds. The fourth-order valence-electron chi connectivity index (χ4n) is 4.26. The first-order valence-electron chi connectivity index (χ1n) is 9.94. The molecule has 156 valence electrons. The molecule has 3 atom stereocenters. The van der Waals surface area contributed by atoms with Crippen LogP contribution < -0.4 is 5.73 Å². The average molecular weight is 409 g/mol. The molecule has 0 spiro atoms. The molecule has 2 aliphatic heterocycles. The number of rotatable bonds is 7. The van der Waals surface area contributed by atoms with Crippen LogP contribution in [0.4, 0.5) is 0 Å². The summed E-state index contributed by atoms with van der Waals surface area (Å²) in [4.78, 5) is 42.4. The fourth-order valence-corrected chi connectivity index (χ4v) is 4.26. The lowest BCUT2D eigenvalue weighted by atomic mass is 9.82. The summed E-state index contributed by atoms with van der Waals surface area (Å²) in [5, 5.41) is 1.00. The number of aromatic nitrogens is 1. The Bertz CT molecular complexity index is 1030. The van der Waals surface area contributed by atoms with Gasteiger partial charge in [-0.15, -0.1) is 0 Å². The number of nitrogens with zero attached hydrogens (tertiary/aromatic N) is 2. The predicted octanol–water partition coefficient (Wildman–Crippen LogP) is 1.62. The van der Waals surface area contributed by atoms with Crippen LogP contribution in [0.1, 0.15) is 24.6 Å². The second-order valence-corrected chi connectivity index (χ2v) is 7.42. The standard InChI is InChI=1S/C22H23N3O5/c1-2-19(30-20(27)9-23)15-8-18-21-14(7-13-5-3-4-6-17(13)24-21)10-25(18)22(28)16(15)11-29-12-26/h3-8,12,15-16,19H,2,9-11,23H2,1H3. The number of benzene rings is 1. The van der Waals surface area contributed by atoms with Gasteiger partial charge in [0.25, 0.3) is 6.47 Å². The molecule has 0 saturated heterocycles. The minimum Gasteiger partial charge on any atom is -0.467 e. The molecule has 4 rings (SSSR count). The topological polar surface area (TPSA) is 112 Å². The lowest BCUT2D eigenvalue weighted by Gasteiger charge is -2.36. The van der Waals surface area contributed by atoms with Crippen molar-refractivity contribution in [2.24, 2.45) is 17.6 Å². The van der Waals surface area contributed by atoms with Crippen molar-refractivity contribution in [2.45, 2.75) is 26.0 Å².